The van der Waals surface area contributed by atoms with Crippen LogP contribution in [0.2, 0.25) is 0 Å². The topological polar surface area (TPSA) is 55.9 Å². The SMILES string of the molecule is CN1CCN(CCNC2CC(=O)N(c3ccc(F)cc3)C2=O)CC1. The van der Waals surface area contributed by atoms with Gasteiger partial charge in [-0.2, -0.15) is 0 Å². The molecule has 2 amide bonds. The van der Waals surface area contributed by atoms with Gasteiger partial charge in [-0.15, -0.1) is 0 Å². The molecule has 1 unspecified atom stereocenters. The van der Waals surface area contributed by atoms with Crippen LogP contribution in [0, 0.1) is 5.82 Å². The molecule has 0 aliphatic carbocycles. The first kappa shape index (κ1) is 17.0. The summed E-state index contributed by atoms with van der Waals surface area (Å²) in [5, 5.41) is 3.19. The van der Waals surface area contributed by atoms with E-state index in [1.807, 2.05) is 0 Å². The van der Waals surface area contributed by atoms with Gasteiger partial charge in [0.05, 0.1) is 18.2 Å². The number of hydrogen-bond donors (Lipinski definition) is 1. The van der Waals surface area contributed by atoms with Crippen LogP contribution in [0.15, 0.2) is 24.3 Å². The zero-order valence-corrected chi connectivity index (χ0v) is 13.9. The van der Waals surface area contributed by atoms with Gasteiger partial charge in [-0.1, -0.05) is 0 Å². The van der Waals surface area contributed by atoms with Crippen molar-refractivity contribution in [3.8, 4) is 0 Å². The number of nitrogens with one attached hydrogen (secondary N) is 1. The van der Waals surface area contributed by atoms with Crippen LogP contribution in [0.25, 0.3) is 0 Å². The lowest BCUT2D eigenvalue weighted by molar-refractivity contribution is -0.121. The molecule has 2 heterocycles. The molecule has 0 saturated carbocycles. The molecule has 2 saturated heterocycles. The first-order valence-corrected chi connectivity index (χ1v) is 8.31. The number of imide groups is 1. The van der Waals surface area contributed by atoms with Gasteiger partial charge in [-0.05, 0) is 31.3 Å². The summed E-state index contributed by atoms with van der Waals surface area (Å²) in [6.07, 6.45) is 0.152. The van der Waals surface area contributed by atoms with E-state index in [1.165, 1.54) is 24.3 Å². The maximum Gasteiger partial charge on any atom is 0.251 e. The Morgan fingerprint density at radius 3 is 2.46 bits per heavy atom. The normalized spacial score (nSPS) is 23.2. The number of hydrogen-bond acceptors (Lipinski definition) is 5. The van der Waals surface area contributed by atoms with Crippen molar-refractivity contribution in [1.82, 2.24) is 15.1 Å². The van der Waals surface area contributed by atoms with E-state index in [1.54, 1.807) is 0 Å². The van der Waals surface area contributed by atoms with Gasteiger partial charge in [0.15, 0.2) is 0 Å². The molecule has 0 spiro atoms. The lowest BCUT2D eigenvalue weighted by Crippen LogP contribution is -2.48. The van der Waals surface area contributed by atoms with E-state index < -0.39 is 6.04 Å². The third-order valence-electron chi connectivity index (χ3n) is 4.65. The number of halogens is 1. The summed E-state index contributed by atoms with van der Waals surface area (Å²) >= 11 is 0. The van der Waals surface area contributed by atoms with Crippen LogP contribution >= 0.6 is 0 Å². The van der Waals surface area contributed by atoms with Crippen LogP contribution in [0.4, 0.5) is 10.1 Å². The van der Waals surface area contributed by atoms with Crippen molar-refractivity contribution in [2.24, 2.45) is 0 Å². The zero-order valence-electron chi connectivity index (χ0n) is 13.9. The van der Waals surface area contributed by atoms with E-state index in [0.29, 0.717) is 12.2 Å². The fourth-order valence-corrected chi connectivity index (χ4v) is 3.12. The number of anilines is 1. The Balaban J connectivity index is 1.51. The highest BCUT2D eigenvalue weighted by Gasteiger charge is 2.39. The van der Waals surface area contributed by atoms with E-state index in [-0.39, 0.29) is 24.1 Å². The Hall–Kier alpha value is -1.83. The maximum absolute atomic E-state index is 13.0. The average molecular weight is 334 g/mol. The predicted octanol–water partition coefficient (Wildman–Crippen LogP) is 0.295. The molecule has 1 aromatic carbocycles. The molecule has 0 aromatic heterocycles. The van der Waals surface area contributed by atoms with Gasteiger partial charge in [-0.25, -0.2) is 9.29 Å². The second-order valence-electron chi connectivity index (χ2n) is 6.40. The number of amides is 2. The molecule has 6 nitrogen and oxygen atoms in total. The van der Waals surface area contributed by atoms with Gasteiger partial charge >= 0.3 is 0 Å². The number of rotatable bonds is 5. The number of piperazine rings is 1. The summed E-state index contributed by atoms with van der Waals surface area (Å²) < 4.78 is 13.0. The zero-order chi connectivity index (χ0) is 17.1. The van der Waals surface area contributed by atoms with E-state index >= 15 is 0 Å². The molecule has 2 aliphatic heterocycles. The van der Waals surface area contributed by atoms with Crippen molar-refractivity contribution in [2.45, 2.75) is 12.5 Å². The summed E-state index contributed by atoms with van der Waals surface area (Å²) in [5.74, 6) is -0.895. The Labute approximate surface area is 141 Å². The van der Waals surface area contributed by atoms with Gasteiger partial charge in [0.1, 0.15) is 5.82 Å². The summed E-state index contributed by atoms with van der Waals surface area (Å²) in [7, 11) is 2.11. The standard InChI is InChI=1S/C17H23FN4O2/c1-20-8-10-21(11-9-20)7-6-19-15-12-16(23)22(17(15)24)14-4-2-13(18)3-5-14/h2-5,15,19H,6-12H2,1H3. The molecule has 130 valence electrons. The minimum Gasteiger partial charge on any atom is -0.304 e. The molecule has 1 N–H and O–H groups in total. The number of carbonyl (C=O) groups is 2. The van der Waals surface area contributed by atoms with E-state index in [4.69, 9.17) is 0 Å². The van der Waals surface area contributed by atoms with Crippen LogP contribution in [-0.4, -0.2) is 74.0 Å². The van der Waals surface area contributed by atoms with E-state index in [0.717, 1.165) is 37.6 Å². The lowest BCUT2D eigenvalue weighted by Gasteiger charge is -2.32. The number of benzene rings is 1. The number of carbonyl (C=O) groups excluding carboxylic acids is 2. The second-order valence-corrected chi connectivity index (χ2v) is 6.40. The van der Waals surface area contributed by atoms with Crippen molar-refractivity contribution < 1.29 is 14.0 Å². The molecular formula is C17H23FN4O2. The first-order valence-electron chi connectivity index (χ1n) is 8.31. The van der Waals surface area contributed by atoms with Crippen LogP contribution in [0.3, 0.4) is 0 Å². The summed E-state index contributed by atoms with van der Waals surface area (Å²) in [6, 6.07) is 4.93. The molecule has 2 fully saturated rings. The first-order chi connectivity index (χ1) is 11.5. The van der Waals surface area contributed by atoms with Gasteiger partial charge in [-0.3, -0.25) is 14.5 Å². The van der Waals surface area contributed by atoms with Crippen molar-refractivity contribution in [3.05, 3.63) is 30.1 Å². The maximum atomic E-state index is 13.0. The third-order valence-corrected chi connectivity index (χ3v) is 4.65. The molecule has 1 atom stereocenters. The highest BCUT2D eigenvalue weighted by molar-refractivity contribution is 6.22. The van der Waals surface area contributed by atoms with Crippen molar-refractivity contribution in [3.63, 3.8) is 0 Å². The molecule has 24 heavy (non-hydrogen) atoms. The quantitative estimate of drug-likeness (QED) is 0.785. The highest BCUT2D eigenvalue weighted by Crippen LogP contribution is 2.23. The Bertz CT molecular complexity index is 599. The number of likely N-dealkylation sites (N-methyl/N-ethyl adjacent to an activating group) is 1. The molecule has 2 aliphatic rings. The smallest absolute Gasteiger partial charge is 0.251 e. The highest BCUT2D eigenvalue weighted by atomic mass is 19.1. The van der Waals surface area contributed by atoms with Crippen molar-refractivity contribution >= 4 is 17.5 Å². The van der Waals surface area contributed by atoms with Crippen LogP contribution in [0.1, 0.15) is 6.42 Å². The molecule has 0 radical (unpaired) electrons. The van der Waals surface area contributed by atoms with Gasteiger partial charge in [0.25, 0.3) is 5.91 Å². The average Bonchev–Trinajstić information content (AvgIpc) is 2.85. The van der Waals surface area contributed by atoms with Crippen molar-refractivity contribution in [1.29, 1.82) is 0 Å². The third kappa shape index (κ3) is 3.80. The molecule has 1 aromatic rings. The Morgan fingerprint density at radius 1 is 1.12 bits per heavy atom. The largest absolute Gasteiger partial charge is 0.304 e. The molecule has 0 bridgehead atoms. The molecule has 7 heteroatoms. The lowest BCUT2D eigenvalue weighted by atomic mass is 10.2. The summed E-state index contributed by atoms with van der Waals surface area (Å²) in [5.41, 5.74) is 0.426. The minimum atomic E-state index is -0.491. The van der Waals surface area contributed by atoms with E-state index in [2.05, 4.69) is 22.2 Å². The number of nitrogens with zero attached hydrogens (tertiary/aromatic N) is 3. The van der Waals surface area contributed by atoms with Gasteiger partial charge in [0.2, 0.25) is 5.91 Å². The van der Waals surface area contributed by atoms with E-state index in [9.17, 15) is 14.0 Å². The summed E-state index contributed by atoms with van der Waals surface area (Å²) in [4.78, 5) is 30.4. The predicted molar refractivity (Wildman–Crippen MR) is 89.2 cm³/mol. The summed E-state index contributed by atoms with van der Waals surface area (Å²) in [6.45, 7) is 5.69. The van der Waals surface area contributed by atoms with Gasteiger partial charge in [0, 0.05) is 39.3 Å². The fourth-order valence-electron chi connectivity index (χ4n) is 3.12. The fraction of sp³-hybridized carbons (Fsp3) is 0.529. The second kappa shape index (κ2) is 7.38. The Morgan fingerprint density at radius 2 is 1.79 bits per heavy atom. The minimum absolute atomic E-state index is 0.152. The van der Waals surface area contributed by atoms with Crippen LogP contribution < -0.4 is 10.2 Å². The van der Waals surface area contributed by atoms with Crippen LogP contribution in [0.5, 0.6) is 0 Å². The van der Waals surface area contributed by atoms with Crippen LogP contribution in [-0.2, 0) is 9.59 Å². The monoisotopic (exact) mass is 334 g/mol. The van der Waals surface area contributed by atoms with Gasteiger partial charge < -0.3 is 10.2 Å². The molecular weight excluding hydrogens is 311 g/mol. The molecule has 3 rings (SSSR count). The van der Waals surface area contributed by atoms with Crippen molar-refractivity contribution in [2.75, 3.05) is 51.2 Å². The Kier molecular flexibility index (Phi) is 5.23.